The zero-order chi connectivity index (χ0) is 16.4. The third kappa shape index (κ3) is 7.81. The Morgan fingerprint density at radius 1 is 1.32 bits per heavy atom. The standard InChI is InChI=1S/C16H20ClNO4/c1-3-22-16(20)7-8-18(2)10-13-5-4-6-14(9-13)11-21-12-15(17)19/h4-9H,3,10-12H2,1-2H3/b8-7+. The fourth-order valence-electron chi connectivity index (χ4n) is 1.79. The highest BCUT2D eigenvalue weighted by Gasteiger charge is 2.01. The van der Waals surface area contributed by atoms with Gasteiger partial charge in [-0.2, -0.15) is 0 Å². The first-order chi connectivity index (χ1) is 10.5. The second kappa shape index (κ2) is 9.97. The van der Waals surface area contributed by atoms with Gasteiger partial charge in [0.25, 0.3) is 0 Å². The third-order valence-corrected chi connectivity index (χ3v) is 2.77. The smallest absolute Gasteiger partial charge is 0.332 e. The third-order valence-electron chi connectivity index (χ3n) is 2.66. The average molecular weight is 326 g/mol. The number of rotatable bonds is 9. The number of esters is 1. The Morgan fingerprint density at radius 2 is 2.05 bits per heavy atom. The lowest BCUT2D eigenvalue weighted by Crippen LogP contribution is -2.12. The van der Waals surface area contributed by atoms with Gasteiger partial charge < -0.3 is 14.4 Å². The van der Waals surface area contributed by atoms with E-state index >= 15 is 0 Å². The molecule has 1 rings (SSSR count). The zero-order valence-corrected chi connectivity index (χ0v) is 13.5. The highest BCUT2D eigenvalue weighted by Crippen LogP contribution is 2.09. The molecule has 0 spiro atoms. The SMILES string of the molecule is CCOC(=O)/C=C/N(C)Cc1cccc(COCC(=O)Cl)c1. The van der Waals surface area contributed by atoms with Gasteiger partial charge in [-0.05, 0) is 29.7 Å². The van der Waals surface area contributed by atoms with Crippen LogP contribution in [-0.2, 0) is 32.2 Å². The minimum atomic E-state index is -0.514. The lowest BCUT2D eigenvalue weighted by Gasteiger charge is -2.14. The Bertz CT molecular complexity index is 531. The maximum absolute atomic E-state index is 11.2. The molecule has 0 saturated heterocycles. The molecule has 0 aliphatic rings. The van der Waals surface area contributed by atoms with Crippen LogP contribution in [0.4, 0.5) is 0 Å². The molecule has 5 nitrogen and oxygen atoms in total. The van der Waals surface area contributed by atoms with Gasteiger partial charge in [0.15, 0.2) is 0 Å². The molecule has 0 aliphatic carbocycles. The van der Waals surface area contributed by atoms with Gasteiger partial charge in [0.05, 0.1) is 13.2 Å². The molecule has 0 amide bonds. The van der Waals surface area contributed by atoms with E-state index in [-0.39, 0.29) is 12.6 Å². The lowest BCUT2D eigenvalue weighted by atomic mass is 10.1. The number of halogens is 1. The molecule has 0 saturated carbocycles. The summed E-state index contributed by atoms with van der Waals surface area (Å²) in [5.41, 5.74) is 2.02. The van der Waals surface area contributed by atoms with Crippen LogP contribution < -0.4 is 0 Å². The molecule has 1 aromatic carbocycles. The number of ether oxygens (including phenoxy) is 2. The van der Waals surface area contributed by atoms with Crippen molar-refractivity contribution in [2.24, 2.45) is 0 Å². The molecule has 0 N–H and O–H groups in total. The molecule has 0 heterocycles. The highest BCUT2D eigenvalue weighted by atomic mass is 35.5. The van der Waals surface area contributed by atoms with Crippen molar-refractivity contribution in [3.63, 3.8) is 0 Å². The van der Waals surface area contributed by atoms with E-state index in [4.69, 9.17) is 21.1 Å². The van der Waals surface area contributed by atoms with Gasteiger partial charge in [0, 0.05) is 25.9 Å². The van der Waals surface area contributed by atoms with Crippen LogP contribution in [0.1, 0.15) is 18.1 Å². The normalized spacial score (nSPS) is 10.7. The minimum Gasteiger partial charge on any atom is -0.463 e. The Labute approximate surface area is 135 Å². The van der Waals surface area contributed by atoms with Crippen molar-refractivity contribution in [2.45, 2.75) is 20.1 Å². The molecule has 0 radical (unpaired) electrons. The van der Waals surface area contributed by atoms with E-state index in [1.165, 1.54) is 6.08 Å². The first-order valence-corrected chi connectivity index (χ1v) is 7.28. The van der Waals surface area contributed by atoms with Crippen LogP contribution in [0.5, 0.6) is 0 Å². The summed E-state index contributed by atoms with van der Waals surface area (Å²) in [5, 5.41) is -0.514. The summed E-state index contributed by atoms with van der Waals surface area (Å²) >= 11 is 5.21. The molecule has 1 aromatic rings. The molecule has 0 atom stereocenters. The van der Waals surface area contributed by atoms with E-state index in [9.17, 15) is 9.59 Å². The predicted octanol–water partition coefficient (Wildman–Crippen LogP) is 2.48. The second-order valence-electron chi connectivity index (χ2n) is 4.65. The maximum atomic E-state index is 11.2. The monoisotopic (exact) mass is 325 g/mol. The fourth-order valence-corrected chi connectivity index (χ4v) is 1.86. The molecule has 0 aliphatic heterocycles. The first kappa shape index (κ1) is 18.2. The average Bonchev–Trinajstić information content (AvgIpc) is 2.45. The van der Waals surface area contributed by atoms with Gasteiger partial charge in [-0.3, -0.25) is 4.79 Å². The van der Waals surface area contributed by atoms with Crippen molar-refractivity contribution in [3.05, 3.63) is 47.7 Å². The van der Waals surface area contributed by atoms with Crippen LogP contribution in [0.2, 0.25) is 0 Å². The van der Waals surface area contributed by atoms with Crippen molar-refractivity contribution in [3.8, 4) is 0 Å². The van der Waals surface area contributed by atoms with Crippen molar-refractivity contribution >= 4 is 22.8 Å². The quantitative estimate of drug-likeness (QED) is 0.396. The molecule has 0 aromatic heterocycles. The van der Waals surface area contributed by atoms with Crippen LogP contribution in [0, 0.1) is 0 Å². The molecule has 22 heavy (non-hydrogen) atoms. The molecule has 0 unspecified atom stereocenters. The number of carbonyl (C=O) groups is 2. The minimum absolute atomic E-state index is 0.103. The summed E-state index contributed by atoms with van der Waals surface area (Å²) in [6.07, 6.45) is 3.07. The van der Waals surface area contributed by atoms with E-state index < -0.39 is 5.24 Å². The topological polar surface area (TPSA) is 55.8 Å². The number of carbonyl (C=O) groups excluding carboxylic acids is 2. The van der Waals surface area contributed by atoms with Crippen LogP contribution in [0.3, 0.4) is 0 Å². The summed E-state index contributed by atoms with van der Waals surface area (Å²) in [5.74, 6) is -0.359. The maximum Gasteiger partial charge on any atom is 0.332 e. The molecule has 6 heteroatoms. The largest absolute Gasteiger partial charge is 0.463 e. The van der Waals surface area contributed by atoms with Gasteiger partial charge in [0.2, 0.25) is 5.24 Å². The number of nitrogens with zero attached hydrogens (tertiary/aromatic N) is 1. The fraction of sp³-hybridized carbons (Fsp3) is 0.375. The predicted molar refractivity (Wildman–Crippen MR) is 84.2 cm³/mol. The highest BCUT2D eigenvalue weighted by molar-refractivity contribution is 6.63. The van der Waals surface area contributed by atoms with Crippen LogP contribution in [-0.4, -0.2) is 36.4 Å². The zero-order valence-electron chi connectivity index (χ0n) is 12.8. The van der Waals surface area contributed by atoms with E-state index in [0.717, 1.165) is 11.1 Å². The van der Waals surface area contributed by atoms with Crippen molar-refractivity contribution < 1.29 is 19.1 Å². The Kier molecular flexibility index (Phi) is 8.25. The van der Waals surface area contributed by atoms with Gasteiger partial charge >= 0.3 is 5.97 Å². The van der Waals surface area contributed by atoms with Crippen molar-refractivity contribution in [1.82, 2.24) is 4.90 Å². The van der Waals surface area contributed by atoms with E-state index in [1.54, 1.807) is 13.1 Å². The molecule has 0 bridgehead atoms. The summed E-state index contributed by atoms with van der Waals surface area (Å²) in [6.45, 7) is 2.99. The van der Waals surface area contributed by atoms with Crippen LogP contribution in [0.25, 0.3) is 0 Å². The van der Waals surface area contributed by atoms with Gasteiger partial charge in [-0.15, -0.1) is 0 Å². The van der Waals surface area contributed by atoms with Gasteiger partial charge in [-0.25, -0.2) is 4.79 Å². The summed E-state index contributed by atoms with van der Waals surface area (Å²) < 4.78 is 9.99. The second-order valence-corrected chi connectivity index (χ2v) is 5.07. The van der Waals surface area contributed by atoms with Crippen LogP contribution in [0.15, 0.2) is 36.5 Å². The van der Waals surface area contributed by atoms with Crippen molar-refractivity contribution in [1.29, 1.82) is 0 Å². The number of hydrogen-bond acceptors (Lipinski definition) is 5. The van der Waals surface area contributed by atoms with Crippen molar-refractivity contribution in [2.75, 3.05) is 20.3 Å². The number of benzene rings is 1. The molecular weight excluding hydrogens is 306 g/mol. The van der Waals surface area contributed by atoms with Crippen LogP contribution >= 0.6 is 11.6 Å². The van der Waals surface area contributed by atoms with Gasteiger partial charge in [-0.1, -0.05) is 24.3 Å². The molecule has 120 valence electrons. The molecule has 0 fully saturated rings. The van der Waals surface area contributed by atoms with E-state index in [1.807, 2.05) is 36.2 Å². The first-order valence-electron chi connectivity index (χ1n) is 6.90. The summed E-state index contributed by atoms with van der Waals surface area (Å²) in [7, 11) is 1.87. The Hall–Kier alpha value is -1.85. The Balaban J connectivity index is 2.51. The van der Waals surface area contributed by atoms with E-state index in [0.29, 0.717) is 19.8 Å². The summed E-state index contributed by atoms with van der Waals surface area (Å²) in [4.78, 5) is 23.7. The summed E-state index contributed by atoms with van der Waals surface area (Å²) in [6, 6.07) is 7.79. The van der Waals surface area contributed by atoms with E-state index in [2.05, 4.69) is 0 Å². The lowest BCUT2D eigenvalue weighted by molar-refractivity contribution is -0.137. The molecular formula is C16H20ClNO4. The van der Waals surface area contributed by atoms with Gasteiger partial charge in [0.1, 0.15) is 6.61 Å². The Morgan fingerprint density at radius 3 is 2.73 bits per heavy atom. The number of hydrogen-bond donors (Lipinski definition) is 0.